The molecule has 0 saturated carbocycles. The molecule has 0 radical (unpaired) electrons. The molecule has 0 aliphatic rings. The highest BCUT2D eigenvalue weighted by molar-refractivity contribution is 5.79. The average molecular weight is 287 g/mol. The van der Waals surface area contributed by atoms with Gasteiger partial charge < -0.3 is 15.2 Å². The molecule has 0 heterocycles. The summed E-state index contributed by atoms with van der Waals surface area (Å²) in [5.74, 6) is -2.44. The van der Waals surface area contributed by atoms with Crippen LogP contribution in [-0.4, -0.2) is 26.0 Å². The fourth-order valence-corrected chi connectivity index (χ4v) is 1.86. The van der Waals surface area contributed by atoms with Gasteiger partial charge in [0.2, 0.25) is 6.36 Å². The Labute approximate surface area is 116 Å². The van der Waals surface area contributed by atoms with E-state index in [1.54, 1.807) is 6.92 Å². The summed E-state index contributed by atoms with van der Waals surface area (Å²) >= 11 is 0. The van der Waals surface area contributed by atoms with Crippen LogP contribution in [0.4, 0.5) is 8.78 Å². The average Bonchev–Trinajstić information content (AvgIpc) is 2.41. The summed E-state index contributed by atoms with van der Waals surface area (Å²) in [5.41, 5.74) is 5.49. The zero-order valence-electron chi connectivity index (χ0n) is 11.6. The molecule has 6 heteroatoms. The van der Waals surface area contributed by atoms with E-state index in [1.165, 1.54) is 25.3 Å². The summed E-state index contributed by atoms with van der Waals surface area (Å²) in [6.07, 6.45) is -1.08. The fourth-order valence-electron chi connectivity index (χ4n) is 1.86. The van der Waals surface area contributed by atoms with E-state index < -0.39 is 24.1 Å². The number of alkyl halides is 1. The van der Waals surface area contributed by atoms with Gasteiger partial charge in [-0.25, -0.2) is 8.78 Å². The molecule has 112 valence electrons. The van der Waals surface area contributed by atoms with Crippen molar-refractivity contribution in [3.63, 3.8) is 0 Å². The Morgan fingerprint density at radius 1 is 1.45 bits per heavy atom. The van der Waals surface area contributed by atoms with Crippen molar-refractivity contribution >= 4 is 5.97 Å². The second-order valence-corrected chi connectivity index (χ2v) is 4.28. The monoisotopic (exact) mass is 287 g/mol. The zero-order chi connectivity index (χ0) is 15.1. The molecule has 0 saturated heterocycles. The molecule has 2 atom stereocenters. The van der Waals surface area contributed by atoms with E-state index in [0.29, 0.717) is 6.42 Å². The van der Waals surface area contributed by atoms with E-state index in [2.05, 4.69) is 4.74 Å². The van der Waals surface area contributed by atoms with Crippen LogP contribution in [0.5, 0.6) is 5.75 Å². The maximum atomic E-state index is 13.9. The van der Waals surface area contributed by atoms with E-state index in [-0.39, 0.29) is 24.3 Å². The summed E-state index contributed by atoms with van der Waals surface area (Å²) in [6, 6.07) is 4.14. The third kappa shape index (κ3) is 3.90. The number of methoxy groups -OCH3 is 1. The van der Waals surface area contributed by atoms with E-state index in [9.17, 15) is 13.6 Å². The smallest absolute Gasteiger partial charge is 0.317 e. The van der Waals surface area contributed by atoms with Crippen molar-refractivity contribution in [1.29, 1.82) is 0 Å². The quantitative estimate of drug-likeness (QED) is 0.783. The van der Waals surface area contributed by atoms with Gasteiger partial charge in [-0.05, 0) is 18.6 Å². The molecule has 0 aliphatic heterocycles. The van der Waals surface area contributed by atoms with Gasteiger partial charge in [0.25, 0.3) is 0 Å². The number of ether oxygens (including phenoxy) is 2. The first-order valence-corrected chi connectivity index (χ1v) is 6.42. The largest absolute Gasteiger partial charge is 0.496 e. The van der Waals surface area contributed by atoms with Gasteiger partial charge in [-0.15, -0.1) is 0 Å². The fraction of sp³-hybridized carbons (Fsp3) is 0.500. The van der Waals surface area contributed by atoms with Crippen LogP contribution in [0.25, 0.3) is 0 Å². The molecule has 1 rings (SSSR count). The number of hydrogen-bond donors (Lipinski definition) is 1. The number of halogens is 2. The van der Waals surface area contributed by atoms with Gasteiger partial charge in [-0.2, -0.15) is 0 Å². The number of hydrogen-bond acceptors (Lipinski definition) is 4. The summed E-state index contributed by atoms with van der Waals surface area (Å²) in [5, 5.41) is 0. The predicted molar refractivity (Wildman–Crippen MR) is 70.6 cm³/mol. The molecule has 0 amide bonds. The van der Waals surface area contributed by atoms with Gasteiger partial charge in [-0.1, -0.05) is 13.0 Å². The maximum Gasteiger partial charge on any atom is 0.317 e. The van der Waals surface area contributed by atoms with Crippen LogP contribution in [0.15, 0.2) is 18.2 Å². The van der Waals surface area contributed by atoms with Crippen molar-refractivity contribution in [3.05, 3.63) is 29.6 Å². The SMILES string of the molecule is CCCC(F)OC(=O)C(CN)c1c(F)cccc1OC. The van der Waals surface area contributed by atoms with Gasteiger partial charge in [0.1, 0.15) is 17.5 Å². The van der Waals surface area contributed by atoms with Crippen molar-refractivity contribution in [1.82, 2.24) is 0 Å². The first-order chi connectivity index (χ1) is 9.54. The highest BCUT2D eigenvalue weighted by Gasteiger charge is 2.29. The molecule has 0 aromatic heterocycles. The lowest BCUT2D eigenvalue weighted by Gasteiger charge is -2.19. The Bertz CT molecular complexity index is 454. The van der Waals surface area contributed by atoms with Crippen molar-refractivity contribution in [2.24, 2.45) is 5.73 Å². The lowest BCUT2D eigenvalue weighted by Crippen LogP contribution is -2.27. The third-order valence-electron chi connectivity index (χ3n) is 2.86. The molecule has 0 spiro atoms. The molecule has 0 bridgehead atoms. The maximum absolute atomic E-state index is 13.9. The number of benzene rings is 1. The Morgan fingerprint density at radius 2 is 2.15 bits per heavy atom. The zero-order valence-corrected chi connectivity index (χ0v) is 11.6. The number of nitrogens with two attached hydrogens (primary N) is 1. The Kier molecular flexibility index (Phi) is 6.38. The molecule has 0 fully saturated rings. The summed E-state index contributed by atoms with van der Waals surface area (Å²) in [7, 11) is 1.35. The lowest BCUT2D eigenvalue weighted by molar-refractivity contribution is -0.160. The van der Waals surface area contributed by atoms with Crippen LogP contribution in [0.1, 0.15) is 31.2 Å². The lowest BCUT2D eigenvalue weighted by atomic mass is 9.97. The summed E-state index contributed by atoms with van der Waals surface area (Å²) in [4.78, 5) is 11.9. The second kappa shape index (κ2) is 7.79. The number of carbonyl (C=O) groups is 1. The number of rotatable bonds is 7. The Balaban J connectivity index is 2.98. The van der Waals surface area contributed by atoms with E-state index in [1.807, 2.05) is 0 Å². The number of esters is 1. The standard InChI is InChI=1S/C14H19F2NO3/c1-3-5-12(16)20-14(18)9(8-17)13-10(15)6-4-7-11(13)19-2/h4,6-7,9,12H,3,5,8,17H2,1-2H3. The first kappa shape index (κ1) is 16.4. The predicted octanol–water partition coefficient (Wildman–Crippen LogP) is 2.52. The van der Waals surface area contributed by atoms with Crippen molar-refractivity contribution in [3.8, 4) is 5.75 Å². The molecular formula is C14H19F2NO3. The van der Waals surface area contributed by atoms with E-state index in [0.717, 1.165) is 0 Å². The van der Waals surface area contributed by atoms with Crippen molar-refractivity contribution in [2.45, 2.75) is 32.0 Å². The molecule has 0 aliphatic carbocycles. The van der Waals surface area contributed by atoms with Crippen LogP contribution >= 0.6 is 0 Å². The molecule has 2 N–H and O–H groups in total. The van der Waals surface area contributed by atoms with Gasteiger partial charge in [-0.3, -0.25) is 4.79 Å². The minimum atomic E-state index is -1.71. The Morgan fingerprint density at radius 3 is 2.70 bits per heavy atom. The Hall–Kier alpha value is -1.69. The van der Waals surface area contributed by atoms with Crippen LogP contribution in [0, 0.1) is 5.82 Å². The normalized spacial score (nSPS) is 13.7. The summed E-state index contributed by atoms with van der Waals surface area (Å²) in [6.45, 7) is 1.57. The minimum absolute atomic E-state index is 0.00815. The third-order valence-corrected chi connectivity index (χ3v) is 2.86. The van der Waals surface area contributed by atoms with E-state index in [4.69, 9.17) is 10.5 Å². The number of carbonyl (C=O) groups excluding carboxylic acids is 1. The van der Waals surface area contributed by atoms with Crippen LogP contribution in [0.2, 0.25) is 0 Å². The molecular weight excluding hydrogens is 268 g/mol. The van der Waals surface area contributed by atoms with Crippen molar-refractivity contribution in [2.75, 3.05) is 13.7 Å². The highest BCUT2D eigenvalue weighted by atomic mass is 19.1. The first-order valence-electron chi connectivity index (χ1n) is 6.42. The molecule has 4 nitrogen and oxygen atoms in total. The summed E-state index contributed by atoms with van der Waals surface area (Å²) < 4.78 is 36.9. The van der Waals surface area contributed by atoms with Crippen LogP contribution in [0.3, 0.4) is 0 Å². The van der Waals surface area contributed by atoms with Gasteiger partial charge in [0, 0.05) is 18.5 Å². The van der Waals surface area contributed by atoms with Crippen LogP contribution in [-0.2, 0) is 9.53 Å². The minimum Gasteiger partial charge on any atom is -0.496 e. The van der Waals surface area contributed by atoms with Crippen molar-refractivity contribution < 1.29 is 23.0 Å². The van der Waals surface area contributed by atoms with Gasteiger partial charge in [0.05, 0.1) is 7.11 Å². The van der Waals surface area contributed by atoms with Gasteiger partial charge >= 0.3 is 5.97 Å². The van der Waals surface area contributed by atoms with Gasteiger partial charge in [0.15, 0.2) is 0 Å². The highest BCUT2D eigenvalue weighted by Crippen LogP contribution is 2.30. The van der Waals surface area contributed by atoms with E-state index >= 15 is 0 Å². The second-order valence-electron chi connectivity index (χ2n) is 4.28. The molecule has 1 aromatic carbocycles. The topological polar surface area (TPSA) is 61.5 Å². The molecule has 20 heavy (non-hydrogen) atoms. The molecule has 2 unspecified atom stereocenters. The van der Waals surface area contributed by atoms with Crippen LogP contribution < -0.4 is 10.5 Å². The molecule has 1 aromatic rings.